The Kier molecular flexibility index (Phi) is 12.2. The highest BCUT2D eigenvalue weighted by molar-refractivity contribution is 6.30. The van der Waals surface area contributed by atoms with Crippen molar-refractivity contribution in [3.8, 4) is 34.2 Å². The monoisotopic (exact) mass is 786 g/mol. The number of aryl methyl sites for hydroxylation is 1. The van der Waals surface area contributed by atoms with Crippen LogP contribution in [-0.2, 0) is 12.8 Å². The summed E-state index contributed by atoms with van der Waals surface area (Å²) < 4.78 is 42.0. The Balaban J connectivity index is 0.000000215. The standard InChI is InChI=1S/C21H21F3N4O.C20H21ClN4O2/c1-13-25-9-10-28(13)18-12-15(19(29)27-20(2,3)4)11-17(26-18)14-5-7-16(8-6-14)21(22,23)24;1-20(2,3)24-19(27)14-10-16(13-4-6-15(21)7-5-13)23-17(11-14)25-9-8-22-18(25)12-26/h5-12H,1-4H3,(H,27,29);4-11,26H,12H2,1-3H3,(H,24,27). The second-order valence-corrected chi connectivity index (χ2v) is 15.3. The Morgan fingerprint density at radius 2 is 1.14 bits per heavy atom. The quantitative estimate of drug-likeness (QED) is 0.148. The van der Waals surface area contributed by atoms with E-state index in [1.165, 1.54) is 12.1 Å². The predicted molar refractivity (Wildman–Crippen MR) is 209 cm³/mol. The van der Waals surface area contributed by atoms with Crippen LogP contribution in [0.4, 0.5) is 13.2 Å². The van der Waals surface area contributed by atoms with E-state index in [4.69, 9.17) is 11.6 Å². The van der Waals surface area contributed by atoms with E-state index in [1.54, 1.807) is 77.2 Å². The molecule has 0 saturated carbocycles. The van der Waals surface area contributed by atoms with Gasteiger partial charge in [0, 0.05) is 63.1 Å². The minimum Gasteiger partial charge on any atom is -0.388 e. The normalized spacial score (nSPS) is 11.8. The van der Waals surface area contributed by atoms with Gasteiger partial charge >= 0.3 is 6.18 Å². The summed E-state index contributed by atoms with van der Waals surface area (Å²) in [6.07, 6.45) is 2.18. The second kappa shape index (κ2) is 16.5. The number of pyridine rings is 2. The molecule has 2 amide bonds. The molecule has 0 bridgehead atoms. The Bertz CT molecular complexity index is 2320. The van der Waals surface area contributed by atoms with Crippen molar-refractivity contribution in [1.29, 1.82) is 0 Å². The first kappa shape index (κ1) is 41.3. The number of amides is 2. The van der Waals surface area contributed by atoms with Crippen LogP contribution in [0.5, 0.6) is 0 Å². The zero-order chi connectivity index (χ0) is 41.0. The molecule has 2 aromatic carbocycles. The lowest BCUT2D eigenvalue weighted by Gasteiger charge is -2.21. The minimum absolute atomic E-state index is 0.202. The molecule has 15 heteroatoms. The Labute approximate surface area is 327 Å². The number of alkyl halides is 3. The molecule has 0 radical (unpaired) electrons. The van der Waals surface area contributed by atoms with Gasteiger partial charge in [-0.3, -0.25) is 18.7 Å². The topological polar surface area (TPSA) is 140 Å². The number of aliphatic hydroxyl groups excluding tert-OH is 1. The van der Waals surface area contributed by atoms with Gasteiger partial charge in [-0.1, -0.05) is 35.9 Å². The Morgan fingerprint density at radius 3 is 1.57 bits per heavy atom. The molecule has 0 aliphatic heterocycles. The molecule has 6 rings (SSSR count). The molecule has 0 unspecified atom stereocenters. The number of nitrogens with zero attached hydrogens (tertiary/aromatic N) is 6. The van der Waals surface area contributed by atoms with Gasteiger partial charge in [-0.25, -0.2) is 19.9 Å². The predicted octanol–water partition coefficient (Wildman–Crippen LogP) is 8.40. The number of rotatable bonds is 7. The van der Waals surface area contributed by atoms with Gasteiger partial charge in [0.2, 0.25) is 0 Å². The molecular weight excluding hydrogens is 745 g/mol. The van der Waals surface area contributed by atoms with Crippen LogP contribution in [0.3, 0.4) is 0 Å². The fourth-order valence-corrected chi connectivity index (χ4v) is 5.52. The highest BCUT2D eigenvalue weighted by atomic mass is 35.5. The lowest BCUT2D eigenvalue weighted by atomic mass is 10.0. The molecular formula is C41H42ClF3N8O3. The first-order valence-electron chi connectivity index (χ1n) is 17.5. The molecule has 0 fully saturated rings. The van der Waals surface area contributed by atoms with E-state index >= 15 is 0 Å². The molecule has 4 heterocycles. The number of hydrogen-bond acceptors (Lipinski definition) is 7. The van der Waals surface area contributed by atoms with Crippen LogP contribution in [0, 0.1) is 6.92 Å². The number of aromatic nitrogens is 6. The van der Waals surface area contributed by atoms with Crippen molar-refractivity contribution in [3.63, 3.8) is 0 Å². The summed E-state index contributed by atoms with van der Waals surface area (Å²) in [6.45, 7) is 12.9. The lowest BCUT2D eigenvalue weighted by Crippen LogP contribution is -2.40. The van der Waals surface area contributed by atoms with Crippen molar-refractivity contribution >= 4 is 23.4 Å². The molecule has 4 aromatic heterocycles. The minimum atomic E-state index is -4.42. The highest BCUT2D eigenvalue weighted by Crippen LogP contribution is 2.31. The van der Waals surface area contributed by atoms with Gasteiger partial charge in [-0.15, -0.1) is 0 Å². The van der Waals surface area contributed by atoms with Crippen LogP contribution in [-0.4, -0.2) is 57.1 Å². The molecule has 11 nitrogen and oxygen atoms in total. The van der Waals surface area contributed by atoms with Crippen LogP contribution >= 0.6 is 11.6 Å². The number of aliphatic hydroxyl groups is 1. The largest absolute Gasteiger partial charge is 0.416 e. The maximum absolute atomic E-state index is 12.9. The van der Waals surface area contributed by atoms with Gasteiger partial charge in [0.1, 0.15) is 29.9 Å². The number of nitrogens with one attached hydrogen (secondary N) is 2. The third-order valence-electron chi connectivity index (χ3n) is 7.95. The summed E-state index contributed by atoms with van der Waals surface area (Å²) in [5.41, 5.74) is 1.59. The Morgan fingerprint density at radius 1 is 0.696 bits per heavy atom. The van der Waals surface area contributed by atoms with Gasteiger partial charge < -0.3 is 15.7 Å². The van der Waals surface area contributed by atoms with Crippen molar-refractivity contribution in [3.05, 3.63) is 131 Å². The molecule has 3 N–H and O–H groups in total. The highest BCUT2D eigenvalue weighted by Gasteiger charge is 2.30. The smallest absolute Gasteiger partial charge is 0.388 e. The number of benzene rings is 2. The first-order valence-corrected chi connectivity index (χ1v) is 17.8. The number of hydrogen-bond donors (Lipinski definition) is 3. The summed E-state index contributed by atoms with van der Waals surface area (Å²) in [5.74, 6) is 1.57. The fourth-order valence-electron chi connectivity index (χ4n) is 5.39. The van der Waals surface area contributed by atoms with Crippen LogP contribution < -0.4 is 10.6 Å². The van der Waals surface area contributed by atoms with Crippen LogP contribution in [0.1, 0.15) is 79.5 Å². The van der Waals surface area contributed by atoms with Crippen molar-refractivity contribution in [2.75, 3.05) is 0 Å². The van der Waals surface area contributed by atoms with Crippen LogP contribution in [0.25, 0.3) is 34.2 Å². The second-order valence-electron chi connectivity index (χ2n) is 14.9. The molecule has 0 saturated heterocycles. The summed E-state index contributed by atoms with van der Waals surface area (Å²) in [5, 5.41) is 16.0. The number of imidazole rings is 2. The average molecular weight is 787 g/mol. The average Bonchev–Trinajstić information content (AvgIpc) is 3.79. The number of carbonyl (C=O) groups excluding carboxylic acids is 2. The summed E-state index contributed by atoms with van der Waals surface area (Å²) in [4.78, 5) is 42.9. The van der Waals surface area contributed by atoms with Crippen molar-refractivity contribution in [2.45, 2.75) is 72.3 Å². The van der Waals surface area contributed by atoms with Gasteiger partial charge in [-0.2, -0.15) is 13.2 Å². The van der Waals surface area contributed by atoms with Crippen LogP contribution in [0.15, 0.2) is 97.6 Å². The van der Waals surface area contributed by atoms with E-state index in [0.717, 1.165) is 17.7 Å². The molecule has 56 heavy (non-hydrogen) atoms. The molecule has 0 aliphatic carbocycles. The SMILES string of the molecule is CC(C)(C)NC(=O)c1cc(-c2ccc(Cl)cc2)nc(-n2ccnc2CO)c1.Cc1nccn1-c1cc(C(=O)NC(C)(C)C)cc(-c2ccc(C(F)(F)F)cc2)n1. The fraction of sp³-hybridized carbons (Fsp3) is 0.268. The maximum Gasteiger partial charge on any atom is 0.416 e. The zero-order valence-electron chi connectivity index (χ0n) is 31.9. The van der Waals surface area contributed by atoms with E-state index in [-0.39, 0.29) is 24.0 Å². The van der Waals surface area contributed by atoms with E-state index in [2.05, 4.69) is 30.6 Å². The van der Waals surface area contributed by atoms with Gasteiger partial charge in [0.15, 0.2) is 0 Å². The molecule has 0 aliphatic rings. The summed E-state index contributed by atoms with van der Waals surface area (Å²) >= 11 is 5.98. The van der Waals surface area contributed by atoms with Crippen LogP contribution in [0.2, 0.25) is 5.02 Å². The first-order chi connectivity index (χ1) is 26.2. The molecule has 0 spiro atoms. The van der Waals surface area contributed by atoms with Crippen molar-refractivity contribution < 1.29 is 27.9 Å². The van der Waals surface area contributed by atoms with E-state index in [1.807, 2.05) is 53.7 Å². The Hall–Kier alpha value is -5.86. The molecule has 6 aromatic rings. The molecule has 292 valence electrons. The van der Waals surface area contributed by atoms with Crippen molar-refractivity contribution in [2.24, 2.45) is 0 Å². The summed E-state index contributed by atoms with van der Waals surface area (Å²) in [7, 11) is 0. The number of halogens is 4. The van der Waals surface area contributed by atoms with E-state index in [0.29, 0.717) is 56.4 Å². The summed E-state index contributed by atoms with van der Waals surface area (Å²) in [6, 6.07) is 18.6. The van der Waals surface area contributed by atoms with Gasteiger partial charge in [0.05, 0.1) is 17.0 Å². The van der Waals surface area contributed by atoms with Crippen molar-refractivity contribution in [1.82, 2.24) is 39.7 Å². The zero-order valence-corrected chi connectivity index (χ0v) is 32.7. The lowest BCUT2D eigenvalue weighted by molar-refractivity contribution is -0.137. The van der Waals surface area contributed by atoms with E-state index < -0.39 is 17.3 Å². The maximum atomic E-state index is 12.9. The van der Waals surface area contributed by atoms with Gasteiger partial charge in [0.25, 0.3) is 11.8 Å². The third kappa shape index (κ3) is 10.7. The third-order valence-corrected chi connectivity index (χ3v) is 8.20. The van der Waals surface area contributed by atoms with Gasteiger partial charge in [-0.05, 0) is 97.0 Å². The van der Waals surface area contributed by atoms with E-state index in [9.17, 15) is 27.9 Å². The number of carbonyl (C=O) groups is 2. The molecule has 0 atom stereocenters.